The lowest BCUT2D eigenvalue weighted by Crippen LogP contribution is -2.35. The maximum atomic E-state index is 12.2. The van der Waals surface area contributed by atoms with E-state index in [4.69, 9.17) is 11.1 Å². The Labute approximate surface area is 120 Å². The highest BCUT2D eigenvalue weighted by Gasteiger charge is 2.26. The largest absolute Gasteiger partial charge is 0.384 e. The minimum atomic E-state index is -3.22. The highest BCUT2D eigenvalue weighted by molar-refractivity contribution is 7.90. The molecule has 0 atom stereocenters. The molecule has 0 spiro atoms. The van der Waals surface area contributed by atoms with Gasteiger partial charge in [-0.2, -0.15) is 0 Å². The van der Waals surface area contributed by atoms with Crippen LogP contribution in [0.1, 0.15) is 43.2 Å². The molecule has 1 aromatic carbocycles. The van der Waals surface area contributed by atoms with Gasteiger partial charge in [-0.25, -0.2) is 13.1 Å². The average molecular weight is 295 g/mol. The minimum Gasteiger partial charge on any atom is -0.384 e. The molecule has 1 aromatic rings. The van der Waals surface area contributed by atoms with Crippen LogP contribution in [0.15, 0.2) is 24.3 Å². The lowest BCUT2D eigenvalue weighted by atomic mass is 10.0. The van der Waals surface area contributed by atoms with E-state index in [0.717, 1.165) is 37.7 Å². The number of nitrogens with two attached hydrogens (primary N) is 1. The topological polar surface area (TPSA) is 96.0 Å². The van der Waals surface area contributed by atoms with Crippen LogP contribution in [-0.4, -0.2) is 19.5 Å². The molecule has 0 saturated heterocycles. The second-order valence-corrected chi connectivity index (χ2v) is 7.28. The molecule has 1 saturated carbocycles. The second kappa shape index (κ2) is 6.37. The van der Waals surface area contributed by atoms with E-state index in [0.29, 0.717) is 5.56 Å². The van der Waals surface area contributed by atoms with E-state index < -0.39 is 10.0 Å². The summed E-state index contributed by atoms with van der Waals surface area (Å²) >= 11 is 0. The molecule has 20 heavy (non-hydrogen) atoms. The van der Waals surface area contributed by atoms with Crippen molar-refractivity contribution >= 4 is 15.9 Å². The van der Waals surface area contributed by atoms with Crippen molar-refractivity contribution in [2.75, 3.05) is 0 Å². The van der Waals surface area contributed by atoms with Gasteiger partial charge in [0.1, 0.15) is 5.84 Å². The molecule has 2 rings (SSSR count). The van der Waals surface area contributed by atoms with Crippen molar-refractivity contribution in [3.8, 4) is 0 Å². The molecule has 0 radical (unpaired) electrons. The maximum absolute atomic E-state index is 12.2. The van der Waals surface area contributed by atoms with Gasteiger partial charge in [0.05, 0.1) is 5.25 Å². The highest BCUT2D eigenvalue weighted by atomic mass is 32.2. The summed E-state index contributed by atoms with van der Waals surface area (Å²) in [5.74, 6) is 0.0133. The number of amidine groups is 1. The van der Waals surface area contributed by atoms with Crippen LogP contribution in [0.25, 0.3) is 0 Å². The first kappa shape index (κ1) is 15.0. The molecule has 110 valence electrons. The number of nitrogens with one attached hydrogen (secondary N) is 2. The minimum absolute atomic E-state index is 0.0133. The van der Waals surface area contributed by atoms with E-state index in [1.54, 1.807) is 24.3 Å². The molecular formula is C14H21N3O2S. The van der Waals surface area contributed by atoms with E-state index in [1.165, 1.54) is 0 Å². The molecule has 0 heterocycles. The molecule has 0 amide bonds. The average Bonchev–Trinajstić information content (AvgIpc) is 2.46. The van der Waals surface area contributed by atoms with Crippen molar-refractivity contribution in [3.63, 3.8) is 0 Å². The van der Waals surface area contributed by atoms with Gasteiger partial charge in [-0.15, -0.1) is 0 Å². The van der Waals surface area contributed by atoms with Crippen LogP contribution in [0.2, 0.25) is 0 Å². The fourth-order valence-electron chi connectivity index (χ4n) is 2.48. The van der Waals surface area contributed by atoms with E-state index in [1.807, 2.05) is 0 Å². The quantitative estimate of drug-likeness (QED) is 0.570. The van der Waals surface area contributed by atoms with Crippen LogP contribution < -0.4 is 10.5 Å². The Hall–Kier alpha value is -1.40. The SMILES string of the molecule is N=C(N)c1ccc(CNS(=O)(=O)C2CCCCC2)cc1. The molecule has 5 nitrogen and oxygen atoms in total. The lowest BCUT2D eigenvalue weighted by Gasteiger charge is -2.22. The molecule has 0 unspecified atom stereocenters. The van der Waals surface area contributed by atoms with Crippen molar-refractivity contribution in [3.05, 3.63) is 35.4 Å². The van der Waals surface area contributed by atoms with E-state index in [2.05, 4.69) is 4.72 Å². The standard InChI is InChI=1S/C14H21N3O2S/c15-14(16)12-8-6-11(7-9-12)10-17-20(18,19)13-4-2-1-3-5-13/h6-9,13,17H,1-5,10H2,(H3,15,16). The summed E-state index contributed by atoms with van der Waals surface area (Å²) < 4.78 is 27.0. The Kier molecular flexibility index (Phi) is 4.77. The Morgan fingerprint density at radius 3 is 2.35 bits per heavy atom. The number of sulfonamides is 1. The summed E-state index contributed by atoms with van der Waals surface area (Å²) in [6, 6.07) is 7.04. The number of nitrogen functional groups attached to an aromatic ring is 1. The fraction of sp³-hybridized carbons (Fsp3) is 0.500. The van der Waals surface area contributed by atoms with Gasteiger partial charge in [-0.3, -0.25) is 5.41 Å². The van der Waals surface area contributed by atoms with E-state index in [9.17, 15) is 8.42 Å². The normalized spacial score (nSPS) is 17.0. The van der Waals surface area contributed by atoms with E-state index in [-0.39, 0.29) is 17.6 Å². The van der Waals surface area contributed by atoms with Gasteiger partial charge in [0, 0.05) is 12.1 Å². The smallest absolute Gasteiger partial charge is 0.214 e. The maximum Gasteiger partial charge on any atom is 0.214 e. The molecular weight excluding hydrogens is 274 g/mol. The first-order chi connectivity index (χ1) is 9.49. The molecule has 4 N–H and O–H groups in total. The molecule has 1 fully saturated rings. The Balaban J connectivity index is 1.95. The predicted molar refractivity (Wildman–Crippen MR) is 80.1 cm³/mol. The van der Waals surface area contributed by atoms with Crippen LogP contribution in [0.5, 0.6) is 0 Å². The van der Waals surface area contributed by atoms with E-state index >= 15 is 0 Å². The number of hydrogen-bond donors (Lipinski definition) is 3. The first-order valence-corrected chi connectivity index (χ1v) is 8.45. The molecule has 1 aliphatic carbocycles. The van der Waals surface area contributed by atoms with Crippen molar-refractivity contribution in [1.82, 2.24) is 4.72 Å². The van der Waals surface area contributed by atoms with Crippen LogP contribution in [0.3, 0.4) is 0 Å². The van der Waals surface area contributed by atoms with Gasteiger partial charge in [0.25, 0.3) is 0 Å². The molecule has 0 aromatic heterocycles. The second-order valence-electron chi connectivity index (χ2n) is 5.24. The summed E-state index contributed by atoms with van der Waals surface area (Å²) in [5.41, 5.74) is 6.89. The Morgan fingerprint density at radius 1 is 1.20 bits per heavy atom. The van der Waals surface area contributed by atoms with Gasteiger partial charge in [-0.05, 0) is 18.4 Å². The van der Waals surface area contributed by atoms with Crippen LogP contribution >= 0.6 is 0 Å². The number of rotatable bonds is 5. The molecule has 1 aliphatic rings. The number of benzene rings is 1. The summed E-state index contributed by atoms with van der Waals surface area (Å²) in [4.78, 5) is 0. The Morgan fingerprint density at radius 2 is 1.80 bits per heavy atom. The van der Waals surface area contributed by atoms with Gasteiger partial charge in [0.2, 0.25) is 10.0 Å². The predicted octanol–water partition coefficient (Wildman–Crippen LogP) is 1.72. The van der Waals surface area contributed by atoms with Crippen LogP contribution in [0, 0.1) is 5.41 Å². The lowest BCUT2D eigenvalue weighted by molar-refractivity contribution is 0.477. The van der Waals surface area contributed by atoms with Gasteiger partial charge >= 0.3 is 0 Å². The molecule has 0 bridgehead atoms. The summed E-state index contributed by atoms with van der Waals surface area (Å²) in [6.45, 7) is 0.289. The summed E-state index contributed by atoms with van der Waals surface area (Å²) in [7, 11) is -3.22. The monoisotopic (exact) mass is 295 g/mol. The highest BCUT2D eigenvalue weighted by Crippen LogP contribution is 2.23. The van der Waals surface area contributed by atoms with Crippen molar-refractivity contribution in [2.45, 2.75) is 43.9 Å². The molecule has 0 aliphatic heterocycles. The third kappa shape index (κ3) is 3.80. The van der Waals surface area contributed by atoms with Gasteiger partial charge in [0.15, 0.2) is 0 Å². The van der Waals surface area contributed by atoms with Crippen molar-refractivity contribution in [1.29, 1.82) is 5.41 Å². The van der Waals surface area contributed by atoms with Crippen LogP contribution in [0.4, 0.5) is 0 Å². The van der Waals surface area contributed by atoms with Crippen molar-refractivity contribution < 1.29 is 8.42 Å². The van der Waals surface area contributed by atoms with Crippen molar-refractivity contribution in [2.24, 2.45) is 5.73 Å². The third-order valence-electron chi connectivity index (χ3n) is 3.73. The zero-order valence-corrected chi connectivity index (χ0v) is 12.2. The third-order valence-corrected chi connectivity index (χ3v) is 5.63. The zero-order valence-electron chi connectivity index (χ0n) is 11.4. The van der Waals surface area contributed by atoms with Gasteiger partial charge in [-0.1, -0.05) is 43.5 Å². The Bertz CT molecular complexity index is 561. The summed E-state index contributed by atoms with van der Waals surface area (Å²) in [5, 5.41) is 7.06. The van der Waals surface area contributed by atoms with Gasteiger partial charge < -0.3 is 5.73 Å². The number of hydrogen-bond acceptors (Lipinski definition) is 3. The zero-order chi connectivity index (χ0) is 14.6. The molecule has 6 heteroatoms. The van der Waals surface area contributed by atoms with Crippen LogP contribution in [-0.2, 0) is 16.6 Å². The first-order valence-electron chi connectivity index (χ1n) is 6.91. The summed E-state index contributed by atoms with van der Waals surface area (Å²) in [6.07, 6.45) is 4.66. The fourth-order valence-corrected chi connectivity index (χ4v) is 4.04.